The lowest BCUT2D eigenvalue weighted by Gasteiger charge is -2.33. The third-order valence-electron chi connectivity index (χ3n) is 3.58. The van der Waals surface area contributed by atoms with Crippen molar-refractivity contribution < 1.29 is 0 Å². The SMILES string of the molecule is CCc1ccc(CC(NC)C2CCC2)s1. The second-order valence-corrected chi connectivity index (χ2v) is 5.76. The first-order chi connectivity index (χ1) is 7.33. The first-order valence-electron chi connectivity index (χ1n) is 6.08. The number of aryl methyl sites for hydroxylation is 1. The van der Waals surface area contributed by atoms with Gasteiger partial charge in [0.2, 0.25) is 0 Å². The van der Waals surface area contributed by atoms with Crippen LogP contribution in [0.15, 0.2) is 12.1 Å². The third kappa shape index (κ3) is 2.61. The molecule has 0 bridgehead atoms. The van der Waals surface area contributed by atoms with Crippen LogP contribution in [0.4, 0.5) is 0 Å². The monoisotopic (exact) mass is 223 g/mol. The van der Waals surface area contributed by atoms with Gasteiger partial charge in [0.15, 0.2) is 0 Å². The Bertz CT molecular complexity index is 301. The maximum Gasteiger partial charge on any atom is 0.0141 e. The van der Waals surface area contributed by atoms with Gasteiger partial charge in [-0.05, 0) is 50.8 Å². The zero-order valence-corrected chi connectivity index (χ0v) is 10.6. The van der Waals surface area contributed by atoms with Gasteiger partial charge in [0.25, 0.3) is 0 Å². The van der Waals surface area contributed by atoms with Crippen molar-refractivity contribution in [1.82, 2.24) is 5.32 Å². The van der Waals surface area contributed by atoms with E-state index >= 15 is 0 Å². The number of thiophene rings is 1. The van der Waals surface area contributed by atoms with Crippen molar-refractivity contribution in [2.75, 3.05) is 7.05 Å². The summed E-state index contributed by atoms with van der Waals surface area (Å²) >= 11 is 1.99. The summed E-state index contributed by atoms with van der Waals surface area (Å²) in [6.07, 6.45) is 6.70. The van der Waals surface area contributed by atoms with Gasteiger partial charge < -0.3 is 5.32 Å². The molecule has 2 heteroatoms. The molecule has 1 aliphatic rings. The molecule has 1 aromatic heterocycles. The summed E-state index contributed by atoms with van der Waals surface area (Å²) in [4.78, 5) is 3.08. The summed E-state index contributed by atoms with van der Waals surface area (Å²) in [6.45, 7) is 2.23. The zero-order valence-electron chi connectivity index (χ0n) is 9.75. The fraction of sp³-hybridized carbons (Fsp3) is 0.692. The van der Waals surface area contributed by atoms with E-state index in [0.717, 1.165) is 5.92 Å². The minimum Gasteiger partial charge on any atom is -0.316 e. The lowest BCUT2D eigenvalue weighted by Crippen LogP contribution is -2.38. The van der Waals surface area contributed by atoms with Crippen LogP contribution in [0.25, 0.3) is 0 Å². The lowest BCUT2D eigenvalue weighted by molar-refractivity contribution is 0.236. The Balaban J connectivity index is 1.93. The number of hydrogen-bond donors (Lipinski definition) is 1. The molecule has 0 saturated heterocycles. The molecule has 1 atom stereocenters. The molecule has 2 rings (SSSR count). The molecule has 1 heterocycles. The van der Waals surface area contributed by atoms with Crippen LogP contribution >= 0.6 is 11.3 Å². The normalized spacial score (nSPS) is 18.8. The Hall–Kier alpha value is -0.340. The van der Waals surface area contributed by atoms with Crippen molar-refractivity contribution in [1.29, 1.82) is 0 Å². The number of nitrogens with one attached hydrogen (secondary N) is 1. The fourth-order valence-electron chi connectivity index (χ4n) is 2.29. The predicted molar refractivity (Wildman–Crippen MR) is 67.6 cm³/mol. The molecule has 0 aromatic carbocycles. The average Bonchev–Trinajstić information content (AvgIpc) is 2.61. The van der Waals surface area contributed by atoms with Gasteiger partial charge in [-0.3, -0.25) is 0 Å². The molecule has 84 valence electrons. The summed E-state index contributed by atoms with van der Waals surface area (Å²) < 4.78 is 0. The molecule has 1 N–H and O–H groups in total. The van der Waals surface area contributed by atoms with E-state index in [2.05, 4.69) is 31.4 Å². The standard InChI is InChI=1S/C13H21NS/c1-3-11-7-8-12(15-11)9-13(14-2)10-5-4-6-10/h7-8,10,13-14H,3-6,9H2,1-2H3. The summed E-state index contributed by atoms with van der Waals surface area (Å²) in [5.41, 5.74) is 0. The van der Waals surface area contributed by atoms with Crippen LogP contribution in [0, 0.1) is 5.92 Å². The van der Waals surface area contributed by atoms with Crippen LogP contribution in [0.3, 0.4) is 0 Å². The summed E-state index contributed by atoms with van der Waals surface area (Å²) in [6, 6.07) is 5.31. The van der Waals surface area contributed by atoms with Crippen LogP contribution in [0.2, 0.25) is 0 Å². The molecule has 1 saturated carbocycles. The summed E-state index contributed by atoms with van der Waals surface area (Å²) in [5.74, 6) is 0.933. The maximum absolute atomic E-state index is 3.49. The van der Waals surface area contributed by atoms with E-state index < -0.39 is 0 Å². The summed E-state index contributed by atoms with van der Waals surface area (Å²) in [5, 5.41) is 3.49. The Morgan fingerprint density at radius 2 is 2.13 bits per heavy atom. The van der Waals surface area contributed by atoms with Gasteiger partial charge in [-0.2, -0.15) is 0 Å². The molecule has 1 unspecified atom stereocenters. The van der Waals surface area contributed by atoms with Crippen LogP contribution in [-0.2, 0) is 12.8 Å². The lowest BCUT2D eigenvalue weighted by atomic mass is 9.78. The van der Waals surface area contributed by atoms with Gasteiger partial charge in [-0.25, -0.2) is 0 Å². The van der Waals surface area contributed by atoms with Crippen molar-refractivity contribution in [3.63, 3.8) is 0 Å². The predicted octanol–water partition coefficient (Wildman–Crippen LogP) is 3.24. The minimum absolute atomic E-state index is 0.710. The highest BCUT2D eigenvalue weighted by molar-refractivity contribution is 7.11. The Kier molecular flexibility index (Phi) is 3.81. The first kappa shape index (κ1) is 11.2. The number of likely N-dealkylation sites (N-methyl/N-ethyl adjacent to an activating group) is 1. The first-order valence-corrected chi connectivity index (χ1v) is 6.90. The maximum atomic E-state index is 3.49. The smallest absolute Gasteiger partial charge is 0.0141 e. The van der Waals surface area contributed by atoms with Crippen molar-refractivity contribution in [3.05, 3.63) is 21.9 Å². The molecule has 0 radical (unpaired) electrons. The van der Waals surface area contributed by atoms with E-state index in [1.54, 1.807) is 4.88 Å². The van der Waals surface area contributed by atoms with E-state index in [9.17, 15) is 0 Å². The summed E-state index contributed by atoms with van der Waals surface area (Å²) in [7, 11) is 2.11. The highest BCUT2D eigenvalue weighted by Gasteiger charge is 2.26. The molecule has 1 fully saturated rings. The number of hydrogen-bond acceptors (Lipinski definition) is 2. The molecular weight excluding hydrogens is 202 g/mol. The van der Waals surface area contributed by atoms with Crippen LogP contribution in [-0.4, -0.2) is 13.1 Å². The largest absolute Gasteiger partial charge is 0.316 e. The van der Waals surface area contributed by atoms with Crippen molar-refractivity contribution >= 4 is 11.3 Å². The van der Waals surface area contributed by atoms with E-state index in [4.69, 9.17) is 0 Å². The second-order valence-electron chi connectivity index (χ2n) is 4.51. The molecule has 1 aromatic rings. The molecule has 1 aliphatic carbocycles. The van der Waals surface area contributed by atoms with Crippen LogP contribution < -0.4 is 5.32 Å². The Morgan fingerprint density at radius 3 is 2.60 bits per heavy atom. The van der Waals surface area contributed by atoms with Crippen molar-refractivity contribution in [2.24, 2.45) is 5.92 Å². The molecule has 15 heavy (non-hydrogen) atoms. The fourth-order valence-corrected chi connectivity index (χ4v) is 3.30. The average molecular weight is 223 g/mol. The van der Waals surface area contributed by atoms with Crippen LogP contribution in [0.1, 0.15) is 35.9 Å². The highest BCUT2D eigenvalue weighted by Crippen LogP contribution is 2.32. The molecular formula is C13H21NS. The Morgan fingerprint density at radius 1 is 1.40 bits per heavy atom. The van der Waals surface area contributed by atoms with Crippen molar-refractivity contribution in [2.45, 2.75) is 45.1 Å². The second kappa shape index (κ2) is 5.13. The van der Waals surface area contributed by atoms with Gasteiger partial charge in [0, 0.05) is 15.8 Å². The van der Waals surface area contributed by atoms with Crippen molar-refractivity contribution in [3.8, 4) is 0 Å². The van der Waals surface area contributed by atoms with E-state index in [1.165, 1.54) is 37.0 Å². The third-order valence-corrected chi connectivity index (χ3v) is 4.83. The van der Waals surface area contributed by atoms with Gasteiger partial charge >= 0.3 is 0 Å². The highest BCUT2D eigenvalue weighted by atomic mass is 32.1. The van der Waals surface area contributed by atoms with E-state index in [-0.39, 0.29) is 0 Å². The van der Waals surface area contributed by atoms with Gasteiger partial charge in [0.1, 0.15) is 0 Å². The van der Waals surface area contributed by atoms with Crippen LogP contribution in [0.5, 0.6) is 0 Å². The van der Waals surface area contributed by atoms with E-state index in [1.807, 2.05) is 11.3 Å². The zero-order chi connectivity index (χ0) is 10.7. The quantitative estimate of drug-likeness (QED) is 0.808. The minimum atomic E-state index is 0.710. The molecule has 0 aliphatic heterocycles. The topological polar surface area (TPSA) is 12.0 Å². The van der Waals surface area contributed by atoms with Gasteiger partial charge in [-0.15, -0.1) is 11.3 Å². The van der Waals surface area contributed by atoms with Gasteiger partial charge in [0.05, 0.1) is 0 Å². The van der Waals surface area contributed by atoms with E-state index in [0.29, 0.717) is 6.04 Å². The molecule has 0 amide bonds. The Labute approximate surface area is 96.9 Å². The van der Waals surface area contributed by atoms with Gasteiger partial charge in [-0.1, -0.05) is 13.3 Å². The molecule has 1 nitrogen and oxygen atoms in total. The number of rotatable bonds is 5. The molecule has 0 spiro atoms.